The predicted molar refractivity (Wildman–Crippen MR) is 112 cm³/mol. The van der Waals surface area contributed by atoms with Crippen molar-refractivity contribution in [2.24, 2.45) is 0 Å². The molecule has 0 saturated carbocycles. The van der Waals surface area contributed by atoms with E-state index in [2.05, 4.69) is 58.0 Å². The largest absolute Gasteiger partial charge is 0.368 e. The number of benzene rings is 1. The van der Waals surface area contributed by atoms with E-state index in [1.54, 1.807) is 0 Å². The van der Waals surface area contributed by atoms with Crippen LogP contribution in [0.15, 0.2) is 24.3 Å². The third kappa shape index (κ3) is 3.49. The van der Waals surface area contributed by atoms with Crippen LogP contribution in [0.1, 0.15) is 29.8 Å². The van der Waals surface area contributed by atoms with Crippen LogP contribution in [0.25, 0.3) is 10.9 Å². The van der Waals surface area contributed by atoms with Crippen LogP contribution in [0.3, 0.4) is 0 Å². The van der Waals surface area contributed by atoms with Gasteiger partial charge < -0.3 is 16.4 Å². The Morgan fingerprint density at radius 1 is 1.04 bits per heavy atom. The van der Waals surface area contributed by atoms with Crippen molar-refractivity contribution in [2.75, 3.05) is 41.0 Å². The minimum Gasteiger partial charge on any atom is -0.368 e. The van der Waals surface area contributed by atoms with E-state index >= 15 is 0 Å². The zero-order valence-corrected chi connectivity index (χ0v) is 16.3. The van der Waals surface area contributed by atoms with Crippen LogP contribution in [0.5, 0.6) is 0 Å². The molecule has 1 aliphatic heterocycles. The molecule has 0 radical (unpaired) electrons. The van der Waals surface area contributed by atoms with Crippen molar-refractivity contribution < 1.29 is 0 Å². The average molecular weight is 382 g/mol. The number of nitrogens with two attached hydrogens (primary N) is 2. The van der Waals surface area contributed by atoms with Crippen molar-refractivity contribution in [2.45, 2.75) is 19.8 Å². The number of para-hydroxylation sites is 1. The molecule has 0 aliphatic carbocycles. The highest BCUT2D eigenvalue weighted by Gasteiger charge is 2.24. The molecule has 1 unspecified atom stereocenters. The average Bonchev–Trinajstić information content (AvgIpc) is 2.67. The van der Waals surface area contributed by atoms with Crippen molar-refractivity contribution >= 4 is 40.4 Å². The van der Waals surface area contributed by atoms with Gasteiger partial charge in [-0.3, -0.25) is 0 Å². The van der Waals surface area contributed by atoms with E-state index in [4.69, 9.17) is 16.5 Å². The van der Waals surface area contributed by atoms with Crippen molar-refractivity contribution in [3.05, 3.63) is 41.2 Å². The molecule has 4 rings (SSSR count). The zero-order chi connectivity index (χ0) is 19.0. The quantitative estimate of drug-likeness (QED) is 0.713. The summed E-state index contributed by atoms with van der Waals surface area (Å²) in [6.45, 7) is 6.13. The number of rotatable bonds is 3. The van der Waals surface area contributed by atoms with Gasteiger partial charge in [0.05, 0.1) is 5.52 Å². The normalized spacial score (nSPS) is 15.9. The zero-order valence-electron chi connectivity index (χ0n) is 15.5. The molecule has 0 spiro atoms. The lowest BCUT2D eigenvalue weighted by atomic mass is 9.97. The Hall–Kier alpha value is -2.61. The molecule has 1 aromatic carbocycles. The number of hydrogen-bond acceptors (Lipinski definition) is 8. The number of hydrogen-bond donors (Lipinski definition) is 2. The van der Waals surface area contributed by atoms with E-state index in [0.717, 1.165) is 46.9 Å². The van der Waals surface area contributed by atoms with E-state index < -0.39 is 0 Å². The Balaban J connectivity index is 1.88. The van der Waals surface area contributed by atoms with Crippen molar-refractivity contribution in [3.8, 4) is 0 Å². The number of nitrogens with zero attached hydrogens (tertiary/aromatic N) is 5. The van der Waals surface area contributed by atoms with Crippen LogP contribution in [0.4, 0.5) is 17.7 Å². The predicted octanol–water partition coefficient (Wildman–Crippen LogP) is 2.60. The van der Waals surface area contributed by atoms with Crippen molar-refractivity contribution in [1.29, 1.82) is 0 Å². The number of thioether (sulfide) groups is 1. The van der Waals surface area contributed by atoms with Gasteiger partial charge in [0.1, 0.15) is 11.6 Å². The number of anilines is 3. The van der Waals surface area contributed by atoms with Gasteiger partial charge >= 0.3 is 0 Å². The van der Waals surface area contributed by atoms with Crippen LogP contribution in [0, 0.1) is 6.92 Å². The summed E-state index contributed by atoms with van der Waals surface area (Å²) in [6.07, 6.45) is 0. The van der Waals surface area contributed by atoms with Crippen LogP contribution >= 0.6 is 11.8 Å². The second kappa shape index (κ2) is 7.19. The molecule has 3 heterocycles. The topological polar surface area (TPSA) is 107 Å². The molecular weight excluding hydrogens is 358 g/mol. The molecule has 1 atom stereocenters. The first-order chi connectivity index (χ1) is 13.0. The van der Waals surface area contributed by atoms with Gasteiger partial charge in [0.25, 0.3) is 0 Å². The summed E-state index contributed by atoms with van der Waals surface area (Å²) in [4.78, 5) is 20.0. The van der Waals surface area contributed by atoms with Gasteiger partial charge in [-0.2, -0.15) is 26.7 Å². The van der Waals surface area contributed by atoms with E-state index in [9.17, 15) is 0 Å². The summed E-state index contributed by atoms with van der Waals surface area (Å²) in [6, 6.07) is 8.45. The first kappa shape index (κ1) is 17.8. The minimum atomic E-state index is -0.0976. The molecular formula is C19H23N7S. The SMILES string of the molecule is Cc1cccc2cc(C(C)c3nc(N)nc(N)n3)c(N3CCSCC3)nc12. The number of aromatic nitrogens is 4. The number of fused-ring (bicyclic) bond motifs is 1. The molecule has 8 heteroatoms. The van der Waals surface area contributed by atoms with Gasteiger partial charge in [0, 0.05) is 41.5 Å². The Morgan fingerprint density at radius 3 is 2.44 bits per heavy atom. The summed E-state index contributed by atoms with van der Waals surface area (Å²) in [7, 11) is 0. The molecule has 1 fully saturated rings. The van der Waals surface area contributed by atoms with Crippen LogP contribution in [-0.4, -0.2) is 44.5 Å². The first-order valence-electron chi connectivity index (χ1n) is 9.03. The lowest BCUT2D eigenvalue weighted by molar-refractivity contribution is 0.777. The molecule has 0 bridgehead atoms. The Kier molecular flexibility index (Phi) is 4.73. The molecule has 3 aromatic rings. The fourth-order valence-electron chi connectivity index (χ4n) is 3.46. The summed E-state index contributed by atoms with van der Waals surface area (Å²) in [5.41, 5.74) is 14.9. The smallest absolute Gasteiger partial charge is 0.225 e. The fraction of sp³-hybridized carbons (Fsp3) is 0.368. The van der Waals surface area contributed by atoms with Gasteiger partial charge in [0.15, 0.2) is 0 Å². The van der Waals surface area contributed by atoms with E-state index in [0.29, 0.717) is 5.82 Å². The second-order valence-corrected chi connectivity index (χ2v) is 8.00. The Labute approximate surface area is 162 Å². The summed E-state index contributed by atoms with van der Waals surface area (Å²) >= 11 is 1.98. The summed E-state index contributed by atoms with van der Waals surface area (Å²) in [5.74, 6) is 3.97. The number of pyridine rings is 1. The minimum absolute atomic E-state index is 0.0976. The van der Waals surface area contributed by atoms with E-state index in [1.807, 2.05) is 11.8 Å². The van der Waals surface area contributed by atoms with Crippen molar-refractivity contribution in [3.63, 3.8) is 0 Å². The Bertz CT molecular complexity index is 965. The third-order valence-electron chi connectivity index (χ3n) is 4.91. The highest BCUT2D eigenvalue weighted by molar-refractivity contribution is 7.99. The first-order valence-corrected chi connectivity index (χ1v) is 10.2. The van der Waals surface area contributed by atoms with Gasteiger partial charge in [-0.05, 0) is 18.6 Å². The summed E-state index contributed by atoms with van der Waals surface area (Å²) in [5, 5.41) is 1.11. The standard InChI is InChI=1S/C19H23N7S/c1-11-4-3-5-13-10-14(12(2)16-23-18(20)25-19(21)24-16)17(22-15(11)13)26-6-8-27-9-7-26/h3-5,10,12H,6-9H2,1-2H3,(H4,20,21,23,24,25). The second-order valence-electron chi connectivity index (χ2n) is 6.78. The number of nitrogen functional groups attached to an aromatic ring is 2. The molecule has 1 saturated heterocycles. The Morgan fingerprint density at radius 2 is 1.74 bits per heavy atom. The number of aryl methyl sites for hydroxylation is 1. The third-order valence-corrected chi connectivity index (χ3v) is 5.85. The summed E-state index contributed by atoms with van der Waals surface area (Å²) < 4.78 is 0. The molecule has 7 nitrogen and oxygen atoms in total. The lowest BCUT2D eigenvalue weighted by Gasteiger charge is -2.30. The maximum atomic E-state index is 5.80. The van der Waals surface area contributed by atoms with Gasteiger partial charge in [-0.25, -0.2) is 4.98 Å². The highest BCUT2D eigenvalue weighted by Crippen LogP contribution is 2.34. The van der Waals surface area contributed by atoms with Crippen LogP contribution in [-0.2, 0) is 0 Å². The van der Waals surface area contributed by atoms with Gasteiger partial charge in [-0.1, -0.05) is 25.1 Å². The molecule has 140 valence electrons. The maximum absolute atomic E-state index is 5.80. The monoisotopic (exact) mass is 381 g/mol. The van der Waals surface area contributed by atoms with E-state index in [1.165, 1.54) is 5.56 Å². The maximum Gasteiger partial charge on any atom is 0.225 e. The molecule has 4 N–H and O–H groups in total. The highest BCUT2D eigenvalue weighted by atomic mass is 32.2. The van der Waals surface area contributed by atoms with E-state index in [-0.39, 0.29) is 17.8 Å². The van der Waals surface area contributed by atoms with Crippen LogP contribution in [0.2, 0.25) is 0 Å². The van der Waals surface area contributed by atoms with Crippen molar-refractivity contribution in [1.82, 2.24) is 19.9 Å². The van der Waals surface area contributed by atoms with Gasteiger partial charge in [-0.15, -0.1) is 0 Å². The molecule has 2 aromatic heterocycles. The molecule has 0 amide bonds. The van der Waals surface area contributed by atoms with Gasteiger partial charge in [0.2, 0.25) is 11.9 Å². The van der Waals surface area contributed by atoms with Crippen LogP contribution < -0.4 is 16.4 Å². The molecule has 27 heavy (non-hydrogen) atoms. The molecule has 1 aliphatic rings. The fourth-order valence-corrected chi connectivity index (χ4v) is 4.36. The lowest BCUT2D eigenvalue weighted by Crippen LogP contribution is -2.34.